The molecule has 3 rings (SSSR count). The predicted octanol–water partition coefficient (Wildman–Crippen LogP) is 4.34. The Balaban J connectivity index is 2.00. The molecule has 0 radical (unpaired) electrons. The quantitative estimate of drug-likeness (QED) is 0.541. The SMILES string of the molecule is Cc1cccc(C2CC2)c1Oc1nnc(Cl)cc1OS(=O)(=O)C(F)(F)F. The van der Waals surface area contributed by atoms with Crippen LogP contribution in [0.4, 0.5) is 13.2 Å². The van der Waals surface area contributed by atoms with Gasteiger partial charge in [-0.05, 0) is 36.8 Å². The summed E-state index contributed by atoms with van der Waals surface area (Å²) in [6.07, 6.45) is 1.91. The molecule has 0 bridgehead atoms. The lowest BCUT2D eigenvalue weighted by atomic mass is 10.1. The van der Waals surface area contributed by atoms with Crippen LogP contribution in [0.2, 0.25) is 5.15 Å². The summed E-state index contributed by atoms with van der Waals surface area (Å²) < 4.78 is 70.1. The van der Waals surface area contributed by atoms with Crippen molar-refractivity contribution in [1.29, 1.82) is 0 Å². The van der Waals surface area contributed by atoms with Gasteiger partial charge >= 0.3 is 15.6 Å². The maximum absolute atomic E-state index is 12.6. The summed E-state index contributed by atoms with van der Waals surface area (Å²) in [6, 6.07) is 6.20. The van der Waals surface area contributed by atoms with E-state index >= 15 is 0 Å². The fourth-order valence-corrected chi connectivity index (χ4v) is 2.85. The Morgan fingerprint density at radius 3 is 2.54 bits per heavy atom. The molecule has 0 atom stereocenters. The highest BCUT2D eigenvalue weighted by atomic mass is 35.5. The number of hydrogen-bond donors (Lipinski definition) is 0. The van der Waals surface area contributed by atoms with Crippen molar-refractivity contribution in [3.05, 3.63) is 40.5 Å². The molecule has 1 saturated carbocycles. The van der Waals surface area contributed by atoms with E-state index in [0.29, 0.717) is 11.3 Å². The Bertz CT molecular complexity index is 946. The van der Waals surface area contributed by atoms with Crippen LogP contribution in [0.25, 0.3) is 0 Å². The molecular formula is C15H12ClF3N2O4S. The number of aromatic nitrogens is 2. The average Bonchev–Trinajstić information content (AvgIpc) is 3.34. The minimum atomic E-state index is -5.91. The summed E-state index contributed by atoms with van der Waals surface area (Å²) in [4.78, 5) is 0. The van der Waals surface area contributed by atoms with E-state index in [1.165, 1.54) is 0 Å². The van der Waals surface area contributed by atoms with Gasteiger partial charge in [-0.2, -0.15) is 21.6 Å². The van der Waals surface area contributed by atoms with E-state index in [-0.39, 0.29) is 11.1 Å². The van der Waals surface area contributed by atoms with E-state index in [2.05, 4.69) is 14.4 Å². The Hall–Kier alpha value is -2.07. The number of para-hydroxylation sites is 1. The van der Waals surface area contributed by atoms with Gasteiger partial charge in [-0.3, -0.25) is 0 Å². The first kappa shape index (κ1) is 18.7. The normalized spacial score (nSPS) is 15.0. The minimum Gasteiger partial charge on any atom is -0.434 e. The topological polar surface area (TPSA) is 78.4 Å². The number of aryl methyl sites for hydroxylation is 1. The van der Waals surface area contributed by atoms with Crippen molar-refractivity contribution in [1.82, 2.24) is 10.2 Å². The lowest BCUT2D eigenvalue weighted by molar-refractivity contribution is -0.0500. The van der Waals surface area contributed by atoms with Crippen LogP contribution in [-0.2, 0) is 10.1 Å². The molecule has 26 heavy (non-hydrogen) atoms. The zero-order valence-corrected chi connectivity index (χ0v) is 14.8. The third-order valence-electron chi connectivity index (χ3n) is 3.64. The summed E-state index contributed by atoms with van der Waals surface area (Å²) in [5, 5.41) is 6.67. The molecule has 1 fully saturated rings. The van der Waals surface area contributed by atoms with E-state index in [1.54, 1.807) is 13.0 Å². The molecule has 1 aromatic heterocycles. The number of benzene rings is 1. The van der Waals surface area contributed by atoms with E-state index in [0.717, 1.165) is 24.5 Å². The van der Waals surface area contributed by atoms with Crippen molar-refractivity contribution >= 4 is 21.7 Å². The van der Waals surface area contributed by atoms with Crippen molar-refractivity contribution in [2.75, 3.05) is 0 Å². The molecule has 6 nitrogen and oxygen atoms in total. The summed E-state index contributed by atoms with van der Waals surface area (Å²) in [6.45, 7) is 1.75. The molecule has 1 heterocycles. The fourth-order valence-electron chi connectivity index (χ4n) is 2.26. The van der Waals surface area contributed by atoms with E-state index in [4.69, 9.17) is 16.3 Å². The van der Waals surface area contributed by atoms with Crippen molar-refractivity contribution < 1.29 is 30.5 Å². The van der Waals surface area contributed by atoms with Crippen molar-refractivity contribution in [2.24, 2.45) is 0 Å². The second-order valence-electron chi connectivity index (χ2n) is 5.69. The molecule has 1 aliphatic carbocycles. The van der Waals surface area contributed by atoms with Gasteiger partial charge in [-0.15, -0.1) is 10.2 Å². The molecule has 1 aromatic carbocycles. The minimum absolute atomic E-state index is 0.272. The van der Waals surface area contributed by atoms with Crippen molar-refractivity contribution in [2.45, 2.75) is 31.2 Å². The van der Waals surface area contributed by atoms with Crippen molar-refractivity contribution in [3.63, 3.8) is 0 Å². The second-order valence-corrected chi connectivity index (χ2v) is 7.61. The van der Waals surface area contributed by atoms with Gasteiger partial charge in [-0.25, -0.2) is 0 Å². The van der Waals surface area contributed by atoms with Crippen LogP contribution in [0.1, 0.15) is 29.9 Å². The maximum atomic E-state index is 12.6. The third kappa shape index (κ3) is 3.85. The maximum Gasteiger partial charge on any atom is 0.534 e. The standard InChI is InChI=1S/C15H12ClF3N2O4S/c1-8-3-2-4-10(9-5-6-9)13(8)24-14-11(7-12(16)20-21-14)25-26(22,23)15(17,18)19/h2-4,7,9H,5-6H2,1H3. The number of ether oxygens (including phenoxy) is 1. The molecule has 0 spiro atoms. The van der Waals surface area contributed by atoms with E-state index in [9.17, 15) is 21.6 Å². The van der Waals surface area contributed by atoms with E-state index in [1.807, 2.05) is 12.1 Å². The number of halogens is 4. The zero-order chi connectivity index (χ0) is 19.1. The lowest BCUT2D eigenvalue weighted by Gasteiger charge is -2.15. The largest absolute Gasteiger partial charge is 0.534 e. The van der Waals surface area contributed by atoms with Gasteiger partial charge in [0.15, 0.2) is 5.15 Å². The van der Waals surface area contributed by atoms with Crippen LogP contribution in [0, 0.1) is 6.92 Å². The first-order valence-electron chi connectivity index (χ1n) is 7.40. The molecule has 2 aromatic rings. The van der Waals surface area contributed by atoms with Gasteiger partial charge < -0.3 is 8.92 Å². The average molecular weight is 409 g/mol. The summed E-state index contributed by atoms with van der Waals surface area (Å²) in [5.41, 5.74) is -4.05. The monoisotopic (exact) mass is 408 g/mol. The first-order chi connectivity index (χ1) is 12.1. The Morgan fingerprint density at radius 2 is 1.92 bits per heavy atom. The smallest absolute Gasteiger partial charge is 0.434 e. The fraction of sp³-hybridized carbons (Fsp3) is 0.333. The van der Waals surface area contributed by atoms with Crippen LogP contribution >= 0.6 is 11.6 Å². The molecule has 0 unspecified atom stereocenters. The Labute approximate surface area is 152 Å². The van der Waals surface area contributed by atoms with Crippen molar-refractivity contribution in [3.8, 4) is 17.4 Å². The van der Waals surface area contributed by atoms with E-state index < -0.39 is 27.3 Å². The van der Waals surface area contributed by atoms with Crippen LogP contribution in [0.5, 0.6) is 17.4 Å². The number of rotatable bonds is 5. The van der Waals surface area contributed by atoms with Gasteiger partial charge in [-0.1, -0.05) is 29.8 Å². The van der Waals surface area contributed by atoms with Gasteiger partial charge in [0.1, 0.15) is 5.75 Å². The summed E-state index contributed by atoms with van der Waals surface area (Å²) >= 11 is 5.60. The molecule has 0 N–H and O–H groups in total. The van der Waals surface area contributed by atoms with Gasteiger partial charge in [0.05, 0.1) is 0 Å². The van der Waals surface area contributed by atoms with Gasteiger partial charge in [0.25, 0.3) is 5.88 Å². The number of nitrogens with zero attached hydrogens (tertiary/aromatic N) is 2. The van der Waals surface area contributed by atoms with Gasteiger partial charge in [0.2, 0.25) is 5.75 Å². The molecular weight excluding hydrogens is 397 g/mol. The van der Waals surface area contributed by atoms with Gasteiger partial charge in [0, 0.05) is 6.07 Å². The molecule has 1 aliphatic rings. The van der Waals surface area contributed by atoms with Crippen LogP contribution in [0.15, 0.2) is 24.3 Å². The zero-order valence-electron chi connectivity index (χ0n) is 13.2. The van der Waals surface area contributed by atoms with Crippen LogP contribution in [-0.4, -0.2) is 24.1 Å². The molecule has 0 aliphatic heterocycles. The predicted molar refractivity (Wildman–Crippen MR) is 85.9 cm³/mol. The number of hydrogen-bond acceptors (Lipinski definition) is 6. The molecule has 0 saturated heterocycles. The second kappa shape index (κ2) is 6.58. The number of alkyl halides is 3. The first-order valence-corrected chi connectivity index (χ1v) is 9.18. The molecule has 0 amide bonds. The summed E-state index contributed by atoms with van der Waals surface area (Å²) in [5.74, 6) is -0.680. The third-order valence-corrected chi connectivity index (χ3v) is 4.79. The highest BCUT2D eigenvalue weighted by Gasteiger charge is 2.49. The molecule has 140 valence electrons. The van der Waals surface area contributed by atoms with Crippen LogP contribution < -0.4 is 8.92 Å². The highest BCUT2D eigenvalue weighted by Crippen LogP contribution is 2.47. The Kier molecular flexibility index (Phi) is 4.74. The van der Waals surface area contributed by atoms with Crippen LogP contribution in [0.3, 0.4) is 0 Å². The summed E-state index contributed by atoms with van der Waals surface area (Å²) in [7, 11) is -5.91. The highest BCUT2D eigenvalue weighted by molar-refractivity contribution is 7.88. The Morgan fingerprint density at radius 1 is 1.23 bits per heavy atom. The molecule has 11 heteroatoms. The lowest BCUT2D eigenvalue weighted by Crippen LogP contribution is -2.28.